The molecular formula is C11H13N4O3-. The van der Waals surface area contributed by atoms with E-state index in [1.807, 2.05) is 0 Å². The van der Waals surface area contributed by atoms with Crippen molar-refractivity contribution in [1.82, 2.24) is 5.43 Å². The van der Waals surface area contributed by atoms with Gasteiger partial charge in [0, 0.05) is 0 Å². The number of fused-ring (bicyclic) bond motifs is 1. The summed E-state index contributed by atoms with van der Waals surface area (Å²) in [7, 11) is 0. The molecule has 0 saturated carbocycles. The number of anilines is 2. The molecule has 0 aliphatic carbocycles. The largest absolute Gasteiger partial charge is 0.739 e. The Labute approximate surface area is 104 Å². The predicted molar refractivity (Wildman–Crippen MR) is 68.0 cm³/mol. The number of carbonyl (C=O) groups excluding carboxylic acids is 1. The summed E-state index contributed by atoms with van der Waals surface area (Å²) in [6, 6.07) is 6.98. The summed E-state index contributed by atoms with van der Waals surface area (Å²) < 4.78 is 4.74. The molecule has 1 aliphatic rings. The zero-order valence-corrected chi connectivity index (χ0v) is 9.84. The number of hydrogen-bond acceptors (Lipinski definition) is 5. The third-order valence-corrected chi connectivity index (χ3v) is 2.25. The van der Waals surface area contributed by atoms with Crippen molar-refractivity contribution in [3.05, 3.63) is 29.5 Å². The van der Waals surface area contributed by atoms with Crippen molar-refractivity contribution in [1.29, 1.82) is 0 Å². The molecule has 2 N–H and O–H groups in total. The summed E-state index contributed by atoms with van der Waals surface area (Å²) in [5, 5.41) is 15.1. The van der Waals surface area contributed by atoms with Gasteiger partial charge in [0.25, 0.3) is 0 Å². The molecule has 96 valence electrons. The fourth-order valence-corrected chi connectivity index (χ4v) is 1.49. The van der Waals surface area contributed by atoms with Crippen LogP contribution in [0.5, 0.6) is 0 Å². The Morgan fingerprint density at radius 1 is 1.50 bits per heavy atom. The first-order valence-electron chi connectivity index (χ1n) is 5.50. The van der Waals surface area contributed by atoms with Gasteiger partial charge in [-0.1, -0.05) is 12.1 Å². The minimum atomic E-state index is -0.440. The third kappa shape index (κ3) is 2.69. The van der Waals surface area contributed by atoms with Gasteiger partial charge in [-0.05, 0) is 19.1 Å². The van der Waals surface area contributed by atoms with Crippen LogP contribution in [0, 0.1) is 5.21 Å². The minimum absolute atomic E-state index is 0.140. The molecule has 0 atom stereocenters. The zero-order chi connectivity index (χ0) is 13.0. The summed E-state index contributed by atoms with van der Waals surface area (Å²) in [6.45, 7) is 1.89. The van der Waals surface area contributed by atoms with Gasteiger partial charge in [0.2, 0.25) is 5.96 Å². The second-order valence-electron chi connectivity index (χ2n) is 3.52. The number of benzene rings is 1. The molecule has 0 fully saturated rings. The van der Waals surface area contributed by atoms with E-state index in [2.05, 4.69) is 15.7 Å². The monoisotopic (exact) mass is 249 g/mol. The van der Waals surface area contributed by atoms with Gasteiger partial charge in [0.1, 0.15) is 6.54 Å². The van der Waals surface area contributed by atoms with Crippen molar-refractivity contribution >= 4 is 23.3 Å². The molecular weight excluding hydrogens is 236 g/mol. The van der Waals surface area contributed by atoms with Crippen molar-refractivity contribution in [2.45, 2.75) is 6.92 Å². The lowest BCUT2D eigenvalue weighted by Crippen LogP contribution is -2.46. The molecule has 0 saturated heterocycles. The van der Waals surface area contributed by atoms with Gasteiger partial charge in [-0.2, -0.15) is 0 Å². The third-order valence-electron chi connectivity index (χ3n) is 2.25. The number of guanidine groups is 1. The van der Waals surface area contributed by atoms with Crippen LogP contribution in [0.2, 0.25) is 0 Å². The van der Waals surface area contributed by atoms with E-state index in [-0.39, 0.29) is 12.5 Å². The van der Waals surface area contributed by atoms with Crippen LogP contribution in [-0.2, 0) is 9.53 Å². The van der Waals surface area contributed by atoms with Crippen molar-refractivity contribution in [2.24, 2.45) is 4.99 Å². The number of hydrazine groups is 1. The number of aliphatic imine (C=N–C) groups is 1. The highest BCUT2D eigenvalue weighted by molar-refractivity contribution is 6.01. The second-order valence-corrected chi connectivity index (χ2v) is 3.52. The summed E-state index contributed by atoms with van der Waals surface area (Å²) >= 11 is 0. The Morgan fingerprint density at radius 3 is 3.06 bits per heavy atom. The average Bonchev–Trinajstić information content (AvgIpc) is 2.37. The van der Waals surface area contributed by atoms with Crippen LogP contribution in [-0.4, -0.2) is 25.1 Å². The zero-order valence-electron chi connectivity index (χ0n) is 9.84. The van der Waals surface area contributed by atoms with Crippen LogP contribution in [0.3, 0.4) is 0 Å². The molecule has 0 amide bonds. The van der Waals surface area contributed by atoms with E-state index < -0.39 is 5.97 Å². The highest BCUT2D eigenvalue weighted by atomic mass is 16.5. The number of nitrogens with zero attached hydrogens (tertiary/aromatic N) is 2. The van der Waals surface area contributed by atoms with Crippen LogP contribution in [0.25, 0.3) is 0 Å². The number of nitrogens with one attached hydrogen (secondary N) is 2. The van der Waals surface area contributed by atoms with Gasteiger partial charge in [-0.25, -0.2) is 4.99 Å². The molecule has 1 aromatic rings. The van der Waals surface area contributed by atoms with E-state index in [9.17, 15) is 10.0 Å². The molecule has 0 bridgehead atoms. The SMILES string of the molecule is CCOC(=O)CN=C1Nc2ccccc2N([O-])N1. The number of rotatable bonds is 3. The quantitative estimate of drug-likeness (QED) is 0.772. The van der Waals surface area contributed by atoms with Crippen molar-refractivity contribution < 1.29 is 9.53 Å². The van der Waals surface area contributed by atoms with E-state index in [1.54, 1.807) is 31.2 Å². The lowest BCUT2D eigenvalue weighted by atomic mass is 10.2. The maximum absolute atomic E-state index is 11.6. The first-order chi connectivity index (χ1) is 8.70. The smallest absolute Gasteiger partial charge is 0.327 e. The standard InChI is InChI=1S/C11H13N4O3/c1-2-18-10(16)7-12-11-13-8-5-3-4-6-9(8)15(17)14-11/h3-6H,2,7H2,1H3,(H2,12,13,14)/q-1. The maximum Gasteiger partial charge on any atom is 0.327 e. The molecule has 2 rings (SSSR count). The number of esters is 1. The normalized spacial score (nSPS) is 15.7. The van der Waals surface area contributed by atoms with Crippen LogP contribution >= 0.6 is 0 Å². The van der Waals surface area contributed by atoms with Crippen LogP contribution < -0.4 is 15.9 Å². The van der Waals surface area contributed by atoms with E-state index in [4.69, 9.17) is 4.74 Å². The fourth-order valence-electron chi connectivity index (χ4n) is 1.49. The Bertz CT molecular complexity index is 475. The van der Waals surface area contributed by atoms with E-state index in [0.29, 0.717) is 23.2 Å². The maximum atomic E-state index is 11.6. The first-order valence-corrected chi connectivity index (χ1v) is 5.50. The summed E-state index contributed by atoms with van der Waals surface area (Å²) in [4.78, 5) is 15.1. The van der Waals surface area contributed by atoms with E-state index in [1.165, 1.54) is 0 Å². The Balaban J connectivity index is 2.06. The molecule has 0 unspecified atom stereocenters. The number of para-hydroxylation sites is 2. The molecule has 0 spiro atoms. The molecule has 1 aliphatic heterocycles. The second kappa shape index (κ2) is 5.37. The van der Waals surface area contributed by atoms with Crippen molar-refractivity contribution in [3.63, 3.8) is 0 Å². The van der Waals surface area contributed by atoms with Gasteiger partial charge in [-0.3, -0.25) is 10.2 Å². The van der Waals surface area contributed by atoms with Gasteiger partial charge < -0.3 is 20.4 Å². The topological polar surface area (TPSA) is 89.0 Å². The van der Waals surface area contributed by atoms with Gasteiger partial charge in [0.05, 0.1) is 18.0 Å². The van der Waals surface area contributed by atoms with Crippen LogP contribution in [0.15, 0.2) is 29.3 Å². The molecule has 1 aromatic carbocycles. The number of carbonyl (C=O) groups is 1. The van der Waals surface area contributed by atoms with Crippen LogP contribution in [0.4, 0.5) is 11.4 Å². The molecule has 18 heavy (non-hydrogen) atoms. The fraction of sp³-hybridized carbons (Fsp3) is 0.273. The molecule has 7 heteroatoms. The summed E-state index contributed by atoms with van der Waals surface area (Å²) in [6.07, 6.45) is 0. The molecule has 1 heterocycles. The summed E-state index contributed by atoms with van der Waals surface area (Å²) in [5.74, 6) is -0.221. The average molecular weight is 249 g/mol. The molecule has 0 aromatic heterocycles. The van der Waals surface area contributed by atoms with Crippen LogP contribution in [0.1, 0.15) is 6.92 Å². The molecule has 0 radical (unpaired) electrons. The number of hydrogen-bond donors (Lipinski definition) is 2. The minimum Gasteiger partial charge on any atom is -0.739 e. The van der Waals surface area contributed by atoms with Gasteiger partial charge >= 0.3 is 5.97 Å². The van der Waals surface area contributed by atoms with Gasteiger partial charge in [-0.15, -0.1) is 0 Å². The van der Waals surface area contributed by atoms with Crippen molar-refractivity contribution in [2.75, 3.05) is 23.6 Å². The van der Waals surface area contributed by atoms with E-state index >= 15 is 0 Å². The number of ether oxygens (including phenoxy) is 1. The Morgan fingerprint density at radius 2 is 2.28 bits per heavy atom. The molecule has 7 nitrogen and oxygen atoms in total. The highest BCUT2D eigenvalue weighted by Gasteiger charge is 2.13. The van der Waals surface area contributed by atoms with E-state index in [0.717, 1.165) is 0 Å². The summed E-state index contributed by atoms with van der Waals surface area (Å²) in [5.41, 5.74) is 3.58. The first kappa shape index (κ1) is 12.2. The Hall–Kier alpha value is -2.28. The highest BCUT2D eigenvalue weighted by Crippen LogP contribution is 2.26. The predicted octanol–water partition coefficient (Wildman–Crippen LogP) is 0.840. The lowest BCUT2D eigenvalue weighted by Gasteiger charge is -2.38. The van der Waals surface area contributed by atoms with Crippen molar-refractivity contribution in [3.8, 4) is 0 Å². The van der Waals surface area contributed by atoms with Gasteiger partial charge in [0.15, 0.2) is 0 Å². The lowest BCUT2D eigenvalue weighted by molar-refractivity contribution is -0.141. The Kier molecular flexibility index (Phi) is 3.63.